The van der Waals surface area contributed by atoms with E-state index in [1.165, 1.54) is 18.4 Å². The molecule has 4 rings (SSSR count). The Balaban J connectivity index is 1.31. The highest BCUT2D eigenvalue weighted by atomic mass is 16.3. The van der Waals surface area contributed by atoms with Crippen molar-refractivity contribution in [2.45, 2.75) is 116 Å². The van der Waals surface area contributed by atoms with Crippen LogP contribution in [0.3, 0.4) is 0 Å². The van der Waals surface area contributed by atoms with E-state index in [-0.39, 0.29) is 11.3 Å². The fourth-order valence-corrected chi connectivity index (χ4v) is 8.63. The van der Waals surface area contributed by atoms with Crippen LogP contribution in [0.15, 0.2) is 30.3 Å². The van der Waals surface area contributed by atoms with E-state index in [9.17, 15) is 15.3 Å². The summed E-state index contributed by atoms with van der Waals surface area (Å²) in [5.74, 6) is 1.45. The van der Waals surface area contributed by atoms with Crippen LogP contribution in [0.25, 0.3) is 0 Å². The zero-order chi connectivity index (χ0) is 26.2. The fraction of sp³-hybridized carbons (Fsp3) is 0.812. The van der Waals surface area contributed by atoms with Crippen molar-refractivity contribution >= 4 is 0 Å². The summed E-state index contributed by atoms with van der Waals surface area (Å²) in [4.78, 5) is 2.33. The third kappa shape index (κ3) is 6.03. The lowest BCUT2D eigenvalue weighted by molar-refractivity contribution is -0.176. The first-order valence-corrected chi connectivity index (χ1v) is 14.7. The van der Waals surface area contributed by atoms with Crippen LogP contribution in [0.4, 0.5) is 0 Å². The van der Waals surface area contributed by atoms with Gasteiger partial charge in [-0.05, 0) is 119 Å². The van der Waals surface area contributed by atoms with Crippen molar-refractivity contribution in [1.29, 1.82) is 0 Å². The Bertz CT molecular complexity index is 842. The molecule has 1 aliphatic heterocycles. The third-order valence-corrected chi connectivity index (χ3v) is 10.9. The predicted octanol–water partition coefficient (Wildman–Crippen LogP) is 5.83. The molecule has 3 N–H and O–H groups in total. The molecule has 1 heterocycles. The molecule has 0 bridgehead atoms. The molecule has 0 radical (unpaired) electrons. The van der Waals surface area contributed by atoms with Gasteiger partial charge in [-0.2, -0.15) is 0 Å². The number of aliphatic hydroxyl groups excluding tert-OH is 1. The van der Waals surface area contributed by atoms with Gasteiger partial charge in [0.2, 0.25) is 0 Å². The maximum atomic E-state index is 11.5. The van der Waals surface area contributed by atoms with Crippen LogP contribution in [0.5, 0.6) is 0 Å². The van der Waals surface area contributed by atoms with E-state index < -0.39 is 17.3 Å². The van der Waals surface area contributed by atoms with E-state index >= 15 is 0 Å². The van der Waals surface area contributed by atoms with Crippen molar-refractivity contribution in [1.82, 2.24) is 4.90 Å². The van der Waals surface area contributed by atoms with Crippen molar-refractivity contribution in [3.63, 3.8) is 0 Å². The predicted molar refractivity (Wildman–Crippen MR) is 148 cm³/mol. The number of aliphatic hydroxyl groups is 3. The SMILES string of the molecule is CC1(C)CCC[C@@]2(C)C1CC[C@@](C)(O)[C@@H]2CCC(C)(O)C(O)CN1CCC(Cc2ccccc2)CC1. The van der Waals surface area contributed by atoms with Crippen LogP contribution in [-0.2, 0) is 6.42 Å². The quantitative estimate of drug-likeness (QED) is 0.421. The Morgan fingerprint density at radius 1 is 1.00 bits per heavy atom. The van der Waals surface area contributed by atoms with Gasteiger partial charge in [0.05, 0.1) is 17.3 Å². The molecule has 6 atom stereocenters. The number of rotatable bonds is 8. The summed E-state index contributed by atoms with van der Waals surface area (Å²) in [7, 11) is 0. The second-order valence-corrected chi connectivity index (χ2v) is 14.2. The van der Waals surface area contributed by atoms with Crippen LogP contribution in [0.1, 0.15) is 98.0 Å². The van der Waals surface area contributed by atoms with Crippen LogP contribution < -0.4 is 0 Å². The molecular weight excluding hydrogens is 446 g/mol. The Labute approximate surface area is 220 Å². The minimum Gasteiger partial charge on any atom is -0.390 e. The summed E-state index contributed by atoms with van der Waals surface area (Å²) in [6.45, 7) is 13.5. The number of benzene rings is 1. The van der Waals surface area contributed by atoms with E-state index in [1.807, 2.05) is 13.8 Å². The summed E-state index contributed by atoms with van der Waals surface area (Å²) >= 11 is 0. The van der Waals surface area contributed by atoms with Crippen LogP contribution in [-0.4, -0.2) is 57.2 Å². The average molecular weight is 500 g/mol. The molecule has 4 nitrogen and oxygen atoms in total. The second-order valence-electron chi connectivity index (χ2n) is 14.2. The largest absolute Gasteiger partial charge is 0.390 e. The average Bonchev–Trinajstić information content (AvgIpc) is 2.79. The van der Waals surface area contributed by atoms with Gasteiger partial charge >= 0.3 is 0 Å². The maximum Gasteiger partial charge on any atom is 0.0950 e. The van der Waals surface area contributed by atoms with Gasteiger partial charge < -0.3 is 20.2 Å². The number of hydrogen-bond donors (Lipinski definition) is 3. The Morgan fingerprint density at radius 2 is 1.67 bits per heavy atom. The number of likely N-dealkylation sites (tertiary alicyclic amines) is 1. The van der Waals surface area contributed by atoms with Gasteiger partial charge in [0.1, 0.15) is 0 Å². The number of piperidine rings is 1. The second kappa shape index (κ2) is 10.7. The monoisotopic (exact) mass is 499 g/mol. The van der Waals surface area contributed by atoms with E-state index in [2.05, 4.69) is 56.0 Å². The molecule has 2 aliphatic carbocycles. The molecule has 3 aliphatic rings. The molecule has 204 valence electrons. The molecule has 1 saturated heterocycles. The first-order valence-electron chi connectivity index (χ1n) is 14.7. The first kappa shape index (κ1) is 28.1. The Hall–Kier alpha value is -0.940. The molecule has 0 aromatic heterocycles. The van der Waals surface area contributed by atoms with E-state index in [4.69, 9.17) is 0 Å². The fourth-order valence-electron chi connectivity index (χ4n) is 8.63. The third-order valence-electron chi connectivity index (χ3n) is 10.9. The Kier molecular flexibility index (Phi) is 8.32. The zero-order valence-corrected chi connectivity index (χ0v) is 23.7. The lowest BCUT2D eigenvalue weighted by Gasteiger charge is -2.61. The summed E-state index contributed by atoms with van der Waals surface area (Å²) < 4.78 is 0. The van der Waals surface area contributed by atoms with Gasteiger partial charge in [-0.15, -0.1) is 0 Å². The van der Waals surface area contributed by atoms with Crippen molar-refractivity contribution in [3.05, 3.63) is 35.9 Å². The molecule has 0 amide bonds. The summed E-state index contributed by atoms with van der Waals surface area (Å²) in [6.07, 6.45) is 9.50. The standard InChI is InChI=1S/C32H53NO3/c1-29(2)16-9-17-30(3)26(29)12-18-31(4,35)27(30)13-19-32(5,36)28(34)23-33-20-14-25(15-21-33)22-24-10-7-6-8-11-24/h6-8,10-11,25-28,34-36H,9,12-23H2,1-5H3/t26?,27-,28?,30+,31-,32?/m1/s1. The lowest BCUT2D eigenvalue weighted by Crippen LogP contribution is -2.58. The van der Waals surface area contributed by atoms with E-state index in [0.29, 0.717) is 30.2 Å². The summed E-state index contributed by atoms with van der Waals surface area (Å²) in [5.41, 5.74) is -0.0540. The molecule has 4 heteroatoms. The highest BCUT2D eigenvalue weighted by molar-refractivity contribution is 5.15. The molecule has 0 spiro atoms. The van der Waals surface area contributed by atoms with Gasteiger partial charge in [-0.1, -0.05) is 57.5 Å². The van der Waals surface area contributed by atoms with E-state index in [0.717, 1.165) is 58.0 Å². The van der Waals surface area contributed by atoms with Gasteiger partial charge in [0.15, 0.2) is 0 Å². The topological polar surface area (TPSA) is 63.9 Å². The highest BCUT2D eigenvalue weighted by Gasteiger charge is 2.58. The zero-order valence-electron chi connectivity index (χ0n) is 23.7. The molecular formula is C32H53NO3. The van der Waals surface area contributed by atoms with Crippen LogP contribution >= 0.6 is 0 Å². The van der Waals surface area contributed by atoms with Crippen molar-refractivity contribution < 1.29 is 15.3 Å². The Morgan fingerprint density at radius 3 is 2.33 bits per heavy atom. The number of hydrogen-bond acceptors (Lipinski definition) is 4. The minimum absolute atomic E-state index is 0.0885. The van der Waals surface area contributed by atoms with E-state index in [1.54, 1.807) is 0 Å². The van der Waals surface area contributed by atoms with Crippen LogP contribution in [0, 0.1) is 28.6 Å². The number of fused-ring (bicyclic) bond motifs is 1. The first-order chi connectivity index (χ1) is 16.8. The normalized spacial score (nSPS) is 36.1. The highest BCUT2D eigenvalue weighted by Crippen LogP contribution is 2.63. The van der Waals surface area contributed by atoms with Gasteiger partial charge in [0, 0.05) is 6.54 Å². The smallest absolute Gasteiger partial charge is 0.0950 e. The summed E-state index contributed by atoms with van der Waals surface area (Å²) in [6, 6.07) is 10.7. The van der Waals surface area contributed by atoms with Crippen molar-refractivity contribution in [2.24, 2.45) is 28.6 Å². The molecule has 2 saturated carbocycles. The van der Waals surface area contributed by atoms with Gasteiger partial charge in [0.25, 0.3) is 0 Å². The number of nitrogens with zero attached hydrogens (tertiary/aromatic N) is 1. The minimum atomic E-state index is -1.15. The molecule has 36 heavy (non-hydrogen) atoms. The molecule has 3 fully saturated rings. The van der Waals surface area contributed by atoms with Crippen molar-refractivity contribution in [3.8, 4) is 0 Å². The van der Waals surface area contributed by atoms with Gasteiger partial charge in [-0.25, -0.2) is 0 Å². The lowest BCUT2D eigenvalue weighted by atomic mass is 9.45. The molecule has 1 aromatic rings. The molecule has 3 unspecified atom stereocenters. The van der Waals surface area contributed by atoms with Crippen LogP contribution in [0.2, 0.25) is 0 Å². The molecule has 1 aromatic carbocycles. The maximum absolute atomic E-state index is 11.5. The number of β-amino-alcohol motifs (C(OH)–C–C–N with tert-alkyl or cyclic N) is 1. The van der Waals surface area contributed by atoms with Crippen molar-refractivity contribution in [2.75, 3.05) is 19.6 Å². The summed E-state index contributed by atoms with van der Waals surface area (Å²) in [5, 5.41) is 34.0. The van der Waals surface area contributed by atoms with Gasteiger partial charge in [-0.3, -0.25) is 0 Å².